The first kappa shape index (κ1) is 8.56. The summed E-state index contributed by atoms with van der Waals surface area (Å²) in [4.78, 5) is 12.9. The SMILES string of the molecule is C=C[C@H]1CC[C@H](O)[C@H]2COC(=O)N21. The van der Waals surface area contributed by atoms with Crippen LogP contribution in [0.4, 0.5) is 4.79 Å². The molecule has 2 saturated heterocycles. The van der Waals surface area contributed by atoms with Crippen LogP contribution in [0, 0.1) is 0 Å². The predicted molar refractivity (Wildman–Crippen MR) is 46.2 cm³/mol. The fourth-order valence-corrected chi connectivity index (χ4v) is 2.03. The number of carbonyl (C=O) groups excluding carboxylic acids is 1. The Hall–Kier alpha value is -1.03. The Morgan fingerprint density at radius 3 is 3.08 bits per heavy atom. The van der Waals surface area contributed by atoms with Crippen LogP contribution in [-0.4, -0.2) is 40.9 Å². The lowest BCUT2D eigenvalue weighted by molar-refractivity contribution is 0.0343. The maximum Gasteiger partial charge on any atom is 0.410 e. The van der Waals surface area contributed by atoms with Gasteiger partial charge in [-0.25, -0.2) is 4.79 Å². The van der Waals surface area contributed by atoms with Crippen LogP contribution in [0.2, 0.25) is 0 Å². The van der Waals surface area contributed by atoms with Crippen LogP contribution >= 0.6 is 0 Å². The van der Waals surface area contributed by atoms with E-state index >= 15 is 0 Å². The summed E-state index contributed by atoms with van der Waals surface area (Å²) in [7, 11) is 0. The van der Waals surface area contributed by atoms with Gasteiger partial charge in [0, 0.05) is 0 Å². The molecule has 3 atom stereocenters. The van der Waals surface area contributed by atoms with Crippen LogP contribution in [0.1, 0.15) is 12.8 Å². The van der Waals surface area contributed by atoms with Gasteiger partial charge in [0.25, 0.3) is 0 Å². The Bertz CT molecular complexity index is 241. The van der Waals surface area contributed by atoms with Crippen molar-refractivity contribution >= 4 is 6.09 Å². The molecule has 4 heteroatoms. The third-order valence-electron chi connectivity index (χ3n) is 2.78. The number of hydrogen-bond donors (Lipinski definition) is 1. The van der Waals surface area contributed by atoms with Gasteiger partial charge in [0.05, 0.1) is 18.2 Å². The second-order valence-corrected chi connectivity index (χ2v) is 3.50. The van der Waals surface area contributed by atoms with Gasteiger partial charge in [-0.2, -0.15) is 0 Å². The zero-order valence-electron chi connectivity index (χ0n) is 7.35. The van der Waals surface area contributed by atoms with E-state index in [2.05, 4.69) is 6.58 Å². The molecule has 0 unspecified atom stereocenters. The highest BCUT2D eigenvalue weighted by Gasteiger charge is 2.44. The molecule has 0 aromatic heterocycles. The number of aliphatic hydroxyl groups is 1. The Kier molecular flexibility index (Phi) is 2.00. The van der Waals surface area contributed by atoms with Crippen LogP contribution < -0.4 is 0 Å². The average molecular weight is 183 g/mol. The van der Waals surface area contributed by atoms with Gasteiger partial charge in [0.15, 0.2) is 0 Å². The van der Waals surface area contributed by atoms with Crippen molar-refractivity contribution in [3.63, 3.8) is 0 Å². The lowest BCUT2D eigenvalue weighted by Crippen LogP contribution is -2.51. The fraction of sp³-hybridized carbons (Fsp3) is 0.667. The first-order valence-electron chi connectivity index (χ1n) is 4.49. The van der Waals surface area contributed by atoms with Crippen molar-refractivity contribution in [2.75, 3.05) is 6.61 Å². The minimum atomic E-state index is -0.442. The summed E-state index contributed by atoms with van der Waals surface area (Å²) >= 11 is 0. The summed E-state index contributed by atoms with van der Waals surface area (Å²) in [5.74, 6) is 0. The lowest BCUT2D eigenvalue weighted by Gasteiger charge is -2.36. The molecule has 0 saturated carbocycles. The van der Waals surface area contributed by atoms with Gasteiger partial charge in [-0.3, -0.25) is 4.90 Å². The minimum absolute atomic E-state index is 0.0309. The van der Waals surface area contributed by atoms with Crippen molar-refractivity contribution in [2.24, 2.45) is 0 Å². The number of amides is 1. The van der Waals surface area contributed by atoms with Crippen LogP contribution in [0.25, 0.3) is 0 Å². The number of aliphatic hydroxyl groups excluding tert-OH is 1. The van der Waals surface area contributed by atoms with Gasteiger partial charge in [-0.15, -0.1) is 6.58 Å². The number of rotatable bonds is 1. The summed E-state index contributed by atoms with van der Waals surface area (Å²) in [5.41, 5.74) is 0. The van der Waals surface area contributed by atoms with Gasteiger partial charge in [-0.05, 0) is 12.8 Å². The molecule has 4 nitrogen and oxygen atoms in total. The van der Waals surface area contributed by atoms with E-state index < -0.39 is 6.10 Å². The Labute approximate surface area is 76.8 Å². The van der Waals surface area contributed by atoms with Gasteiger partial charge >= 0.3 is 6.09 Å². The zero-order chi connectivity index (χ0) is 9.42. The van der Waals surface area contributed by atoms with E-state index in [1.165, 1.54) is 0 Å². The highest BCUT2D eigenvalue weighted by atomic mass is 16.6. The van der Waals surface area contributed by atoms with Crippen LogP contribution in [0.3, 0.4) is 0 Å². The number of nitrogens with zero attached hydrogens (tertiary/aromatic N) is 1. The molecule has 13 heavy (non-hydrogen) atoms. The standard InChI is InChI=1S/C9H13NO3/c1-2-6-3-4-8(11)7-5-13-9(12)10(6)7/h2,6-8,11H,1,3-5H2/t6-,7+,8-/m0/s1. The molecule has 2 rings (SSSR count). The summed E-state index contributed by atoms with van der Waals surface area (Å²) in [5, 5.41) is 9.60. The third-order valence-corrected chi connectivity index (χ3v) is 2.78. The molecule has 0 aliphatic carbocycles. The number of cyclic esters (lactones) is 1. The van der Waals surface area contributed by atoms with Crippen molar-refractivity contribution in [3.8, 4) is 0 Å². The maximum atomic E-state index is 11.3. The molecule has 0 spiro atoms. The summed E-state index contributed by atoms with van der Waals surface area (Å²) in [6, 6.07) is -0.132. The van der Waals surface area contributed by atoms with Gasteiger partial charge in [0.2, 0.25) is 0 Å². The van der Waals surface area contributed by atoms with E-state index in [1.54, 1.807) is 11.0 Å². The molecule has 2 heterocycles. The number of piperidine rings is 1. The first-order valence-corrected chi connectivity index (χ1v) is 4.49. The molecule has 1 N–H and O–H groups in total. The molecule has 1 amide bonds. The molecule has 2 aliphatic heterocycles. The molecule has 0 radical (unpaired) electrons. The molecule has 2 fully saturated rings. The minimum Gasteiger partial charge on any atom is -0.447 e. The van der Waals surface area contributed by atoms with E-state index in [0.29, 0.717) is 13.0 Å². The second kappa shape index (κ2) is 3.03. The highest BCUT2D eigenvalue weighted by Crippen LogP contribution is 2.28. The summed E-state index contributed by atoms with van der Waals surface area (Å²) in [6.07, 6.45) is 2.47. The van der Waals surface area contributed by atoms with Gasteiger partial charge < -0.3 is 9.84 Å². The summed E-state index contributed by atoms with van der Waals surface area (Å²) in [6.45, 7) is 3.98. The van der Waals surface area contributed by atoms with Crippen LogP contribution in [0.5, 0.6) is 0 Å². The highest BCUT2D eigenvalue weighted by molar-refractivity contribution is 5.71. The average Bonchev–Trinajstić information content (AvgIpc) is 2.51. The number of carbonyl (C=O) groups is 1. The topological polar surface area (TPSA) is 49.8 Å². The van der Waals surface area contributed by atoms with Crippen molar-refractivity contribution in [1.29, 1.82) is 0 Å². The normalized spacial score (nSPS) is 38.4. The molecule has 0 bridgehead atoms. The molecular weight excluding hydrogens is 170 g/mol. The van der Waals surface area contributed by atoms with Gasteiger partial charge in [-0.1, -0.05) is 6.08 Å². The first-order chi connectivity index (χ1) is 6.24. The molecule has 72 valence electrons. The summed E-state index contributed by atoms with van der Waals surface area (Å²) < 4.78 is 4.88. The molecule has 0 aromatic carbocycles. The number of fused-ring (bicyclic) bond motifs is 1. The second-order valence-electron chi connectivity index (χ2n) is 3.50. The van der Waals surface area contributed by atoms with Gasteiger partial charge in [0.1, 0.15) is 6.61 Å². The third kappa shape index (κ3) is 1.21. The fourth-order valence-electron chi connectivity index (χ4n) is 2.03. The Morgan fingerprint density at radius 2 is 2.38 bits per heavy atom. The molecule has 0 aromatic rings. The molecule has 2 aliphatic rings. The van der Waals surface area contributed by atoms with Crippen molar-refractivity contribution in [1.82, 2.24) is 4.90 Å². The number of hydrogen-bond acceptors (Lipinski definition) is 3. The quantitative estimate of drug-likeness (QED) is 0.603. The zero-order valence-corrected chi connectivity index (χ0v) is 7.35. The van der Waals surface area contributed by atoms with Crippen molar-refractivity contribution < 1.29 is 14.6 Å². The Balaban J connectivity index is 2.21. The monoisotopic (exact) mass is 183 g/mol. The van der Waals surface area contributed by atoms with E-state index in [4.69, 9.17) is 4.74 Å². The van der Waals surface area contributed by atoms with Crippen LogP contribution in [0.15, 0.2) is 12.7 Å². The van der Waals surface area contributed by atoms with E-state index in [-0.39, 0.29) is 18.2 Å². The molecular formula is C9H13NO3. The Morgan fingerprint density at radius 1 is 1.62 bits per heavy atom. The van der Waals surface area contributed by atoms with Crippen molar-refractivity contribution in [3.05, 3.63) is 12.7 Å². The van der Waals surface area contributed by atoms with Crippen molar-refractivity contribution in [2.45, 2.75) is 31.0 Å². The largest absolute Gasteiger partial charge is 0.447 e. The van der Waals surface area contributed by atoms with Crippen LogP contribution in [-0.2, 0) is 4.74 Å². The van der Waals surface area contributed by atoms with E-state index in [0.717, 1.165) is 6.42 Å². The predicted octanol–water partition coefficient (Wildman–Crippen LogP) is 0.516. The lowest BCUT2D eigenvalue weighted by atomic mass is 9.94. The number of ether oxygens (including phenoxy) is 1. The van der Waals surface area contributed by atoms with E-state index in [9.17, 15) is 9.90 Å². The maximum absolute atomic E-state index is 11.3. The van der Waals surface area contributed by atoms with E-state index in [1.807, 2.05) is 0 Å². The smallest absolute Gasteiger partial charge is 0.410 e.